The lowest BCUT2D eigenvalue weighted by atomic mass is 10.1. The molecule has 178 valence electrons. The van der Waals surface area contributed by atoms with E-state index in [4.69, 9.17) is 23.2 Å². The Morgan fingerprint density at radius 3 is 2.63 bits per heavy atom. The summed E-state index contributed by atoms with van der Waals surface area (Å²) in [5.41, 5.74) is 2.97. The number of nitrogens with one attached hydrogen (secondary N) is 2. The third-order valence-electron chi connectivity index (χ3n) is 5.63. The molecule has 0 radical (unpaired) electrons. The van der Waals surface area contributed by atoms with Crippen LogP contribution in [0, 0.1) is 0 Å². The van der Waals surface area contributed by atoms with Gasteiger partial charge in [0.2, 0.25) is 0 Å². The molecule has 2 aromatic carbocycles. The van der Waals surface area contributed by atoms with Crippen LogP contribution in [0.15, 0.2) is 60.0 Å². The number of amides is 2. The maximum absolute atomic E-state index is 13.0. The number of nitrogens with zero attached hydrogens (tertiary/aromatic N) is 2. The molecule has 5 rings (SSSR count). The number of benzene rings is 2. The van der Waals surface area contributed by atoms with Crippen molar-refractivity contribution in [2.75, 3.05) is 5.32 Å². The molecule has 1 aliphatic rings. The van der Waals surface area contributed by atoms with Crippen molar-refractivity contribution in [2.45, 2.75) is 25.3 Å². The zero-order valence-corrected chi connectivity index (χ0v) is 20.6. The normalized spacial score (nSPS) is 13.0. The molecule has 0 unspecified atom stereocenters. The average Bonchev–Trinajstić information content (AvgIpc) is 3.35. The fourth-order valence-electron chi connectivity index (χ4n) is 3.68. The van der Waals surface area contributed by atoms with Gasteiger partial charge in [-0.15, -0.1) is 11.3 Å². The van der Waals surface area contributed by atoms with Gasteiger partial charge in [0.1, 0.15) is 5.75 Å². The van der Waals surface area contributed by atoms with Crippen LogP contribution >= 0.6 is 34.5 Å². The van der Waals surface area contributed by atoms with E-state index < -0.39 is 0 Å². The van der Waals surface area contributed by atoms with Gasteiger partial charge in [-0.3, -0.25) is 4.79 Å². The van der Waals surface area contributed by atoms with Crippen LogP contribution in [0.5, 0.6) is 5.75 Å². The van der Waals surface area contributed by atoms with Gasteiger partial charge >= 0.3 is 6.03 Å². The molecule has 3 N–H and O–H groups in total. The van der Waals surface area contributed by atoms with Crippen molar-refractivity contribution < 1.29 is 14.7 Å². The quantitative estimate of drug-likeness (QED) is 0.249. The Labute approximate surface area is 215 Å². The predicted molar refractivity (Wildman–Crippen MR) is 138 cm³/mol. The maximum Gasteiger partial charge on any atom is 0.342 e. The van der Waals surface area contributed by atoms with Gasteiger partial charge in [0, 0.05) is 23.7 Å². The summed E-state index contributed by atoms with van der Waals surface area (Å²) < 4.78 is 1.35. The Morgan fingerprint density at radius 1 is 1.09 bits per heavy atom. The number of anilines is 1. The smallest absolute Gasteiger partial charge is 0.342 e. The second kappa shape index (κ2) is 9.73. The van der Waals surface area contributed by atoms with Crippen LogP contribution < -0.4 is 10.6 Å². The Balaban J connectivity index is 1.38. The number of thiophene rings is 1. The molecule has 2 amide bonds. The molecule has 1 aliphatic carbocycles. The number of phenolic OH excluding ortho intramolecular Hbond substituents is 1. The third kappa shape index (κ3) is 5.19. The molecule has 0 aliphatic heterocycles. The van der Waals surface area contributed by atoms with Crippen molar-refractivity contribution >= 4 is 52.2 Å². The van der Waals surface area contributed by atoms with E-state index >= 15 is 0 Å². The Morgan fingerprint density at radius 2 is 1.91 bits per heavy atom. The highest BCUT2D eigenvalue weighted by Crippen LogP contribution is 2.42. The SMILES string of the molecule is O=C(Nc1ccc(O)c(-c2cc(C3CC3)n(C(=O)NCc3ccc(Cl)c(Cl)c3)n2)c1)c1cccs1. The summed E-state index contributed by atoms with van der Waals surface area (Å²) in [6.45, 7) is 0.254. The van der Waals surface area contributed by atoms with Gasteiger partial charge in [0.05, 0.1) is 26.3 Å². The van der Waals surface area contributed by atoms with Gasteiger partial charge in [-0.1, -0.05) is 35.3 Å². The van der Waals surface area contributed by atoms with Crippen molar-refractivity contribution in [1.82, 2.24) is 15.1 Å². The highest BCUT2D eigenvalue weighted by Gasteiger charge is 2.31. The summed E-state index contributed by atoms with van der Waals surface area (Å²) in [6, 6.07) is 14.9. The van der Waals surface area contributed by atoms with Crippen molar-refractivity contribution in [1.29, 1.82) is 0 Å². The molecule has 7 nitrogen and oxygen atoms in total. The van der Waals surface area contributed by atoms with Crippen LogP contribution in [-0.2, 0) is 6.54 Å². The number of hydrogen-bond donors (Lipinski definition) is 3. The maximum atomic E-state index is 13.0. The molecule has 1 fully saturated rings. The largest absolute Gasteiger partial charge is 0.507 e. The van der Waals surface area contributed by atoms with Gasteiger partial charge in [-0.2, -0.15) is 9.78 Å². The first kappa shape index (κ1) is 23.4. The molecule has 0 saturated heterocycles. The minimum atomic E-state index is -0.383. The Kier molecular flexibility index (Phi) is 6.51. The molecule has 0 bridgehead atoms. The lowest BCUT2D eigenvalue weighted by molar-refractivity contribution is 0.103. The summed E-state index contributed by atoms with van der Waals surface area (Å²) in [5.74, 6) is 0.000635. The lowest BCUT2D eigenvalue weighted by Crippen LogP contribution is -2.30. The minimum Gasteiger partial charge on any atom is -0.507 e. The van der Waals surface area contributed by atoms with Gasteiger partial charge in [0.25, 0.3) is 5.91 Å². The second-order valence-electron chi connectivity index (χ2n) is 8.21. The molecular weight excluding hydrogens is 507 g/mol. The van der Waals surface area contributed by atoms with Crippen molar-refractivity contribution in [2.24, 2.45) is 0 Å². The number of phenols is 1. The molecule has 2 aromatic heterocycles. The van der Waals surface area contributed by atoms with Crippen LogP contribution in [0.3, 0.4) is 0 Å². The molecule has 0 atom stereocenters. The molecule has 0 spiro atoms. The first-order chi connectivity index (χ1) is 16.9. The van der Waals surface area contributed by atoms with Gasteiger partial charge in [-0.25, -0.2) is 4.79 Å². The average molecular weight is 527 g/mol. The molecule has 4 aromatic rings. The van der Waals surface area contributed by atoms with E-state index in [-0.39, 0.29) is 30.2 Å². The summed E-state index contributed by atoms with van der Waals surface area (Å²) in [6.07, 6.45) is 1.93. The van der Waals surface area contributed by atoms with E-state index in [1.165, 1.54) is 22.1 Å². The molecule has 35 heavy (non-hydrogen) atoms. The predicted octanol–water partition coefficient (Wildman–Crippen LogP) is 6.51. The summed E-state index contributed by atoms with van der Waals surface area (Å²) in [4.78, 5) is 26.0. The number of rotatable bonds is 6. The fraction of sp³-hybridized carbons (Fsp3) is 0.160. The second-order valence-corrected chi connectivity index (χ2v) is 9.97. The topological polar surface area (TPSA) is 96.2 Å². The first-order valence-corrected chi connectivity index (χ1v) is 12.5. The first-order valence-electron chi connectivity index (χ1n) is 10.9. The monoisotopic (exact) mass is 526 g/mol. The molecule has 1 saturated carbocycles. The van der Waals surface area contributed by atoms with Gasteiger partial charge < -0.3 is 15.7 Å². The fourth-order valence-corrected chi connectivity index (χ4v) is 4.62. The van der Waals surface area contributed by atoms with Crippen LogP contribution in [0.25, 0.3) is 11.3 Å². The van der Waals surface area contributed by atoms with E-state index in [0.29, 0.717) is 31.9 Å². The van der Waals surface area contributed by atoms with Crippen LogP contribution in [-0.4, -0.2) is 26.8 Å². The number of aromatic nitrogens is 2. The number of hydrogen-bond acceptors (Lipinski definition) is 5. The Bertz CT molecular complexity index is 1410. The zero-order valence-electron chi connectivity index (χ0n) is 18.3. The number of aromatic hydroxyl groups is 1. The summed E-state index contributed by atoms with van der Waals surface area (Å²) in [5, 5.41) is 23.4. The van der Waals surface area contributed by atoms with Crippen molar-refractivity contribution in [3.8, 4) is 17.0 Å². The van der Waals surface area contributed by atoms with E-state index in [2.05, 4.69) is 15.7 Å². The van der Waals surface area contributed by atoms with Gasteiger partial charge in [-0.05, 0) is 66.2 Å². The molecule has 2 heterocycles. The van der Waals surface area contributed by atoms with E-state index in [1.54, 1.807) is 42.5 Å². The molecular formula is C25H20Cl2N4O3S. The van der Waals surface area contributed by atoms with Crippen LogP contribution in [0.1, 0.15) is 39.7 Å². The Hall–Kier alpha value is -3.33. The summed E-state index contributed by atoms with van der Waals surface area (Å²) >= 11 is 13.4. The lowest BCUT2D eigenvalue weighted by Gasteiger charge is -2.09. The van der Waals surface area contributed by atoms with Crippen LogP contribution in [0.4, 0.5) is 10.5 Å². The number of carbonyl (C=O) groups is 2. The van der Waals surface area contributed by atoms with Gasteiger partial charge in [0.15, 0.2) is 0 Å². The highest BCUT2D eigenvalue weighted by molar-refractivity contribution is 7.12. The standard InChI is InChI=1S/C25H20Cl2N4O3S/c26-18-7-3-14(10-19(18)27)13-28-25(34)31-21(15-4-5-15)12-20(30-31)17-11-16(6-8-22(17)32)29-24(33)23-2-1-9-35-23/h1-3,6-12,15,32H,4-5,13H2,(H,28,34)(H,29,33). The number of carbonyl (C=O) groups excluding carboxylic acids is 2. The van der Waals surface area contributed by atoms with E-state index in [1.807, 2.05) is 11.4 Å². The van der Waals surface area contributed by atoms with Crippen molar-refractivity contribution in [3.63, 3.8) is 0 Å². The highest BCUT2D eigenvalue weighted by atomic mass is 35.5. The summed E-state index contributed by atoms with van der Waals surface area (Å²) in [7, 11) is 0. The zero-order chi connectivity index (χ0) is 24.5. The molecule has 10 heteroatoms. The van der Waals surface area contributed by atoms with E-state index in [9.17, 15) is 14.7 Å². The van der Waals surface area contributed by atoms with Crippen LogP contribution in [0.2, 0.25) is 10.0 Å². The third-order valence-corrected chi connectivity index (χ3v) is 7.24. The number of halogens is 2. The minimum absolute atomic E-state index is 0.00216. The van der Waals surface area contributed by atoms with Crippen molar-refractivity contribution in [3.05, 3.63) is 86.2 Å². The van der Waals surface area contributed by atoms with E-state index in [0.717, 1.165) is 24.1 Å².